The lowest BCUT2D eigenvalue weighted by Gasteiger charge is -2.00. The number of carbonyl (C=O) groups excluding carboxylic acids is 1. The molecule has 0 aliphatic heterocycles. The van der Waals surface area contributed by atoms with Crippen LogP contribution in [0.2, 0.25) is 5.02 Å². The number of hydrogen-bond donors (Lipinski definition) is 0. The Hall–Kier alpha value is -1.13. The molecule has 0 bridgehead atoms. The Kier molecular flexibility index (Phi) is 4.19. The highest BCUT2D eigenvalue weighted by atomic mass is 79.9. The first-order valence-electron chi connectivity index (χ1n) is 5.63. The zero-order chi connectivity index (χ0) is 13.1. The van der Waals surface area contributed by atoms with Crippen molar-refractivity contribution in [3.63, 3.8) is 0 Å². The van der Waals surface area contributed by atoms with Crippen molar-refractivity contribution in [1.82, 2.24) is 9.78 Å². The molecular weight excluding hydrogens is 316 g/mol. The van der Waals surface area contributed by atoms with Crippen LogP contribution in [0, 0.1) is 0 Å². The Morgan fingerprint density at radius 3 is 2.83 bits per heavy atom. The SMILES string of the molecule is CCCn1cc(C(=O)c2cc(Cl)cc(Br)c2)cn1. The van der Waals surface area contributed by atoms with Gasteiger partial charge in [0.05, 0.1) is 11.8 Å². The summed E-state index contributed by atoms with van der Waals surface area (Å²) in [6.07, 6.45) is 4.34. The van der Waals surface area contributed by atoms with Crippen LogP contribution in [0.25, 0.3) is 0 Å². The van der Waals surface area contributed by atoms with Gasteiger partial charge in [0.1, 0.15) is 0 Å². The van der Waals surface area contributed by atoms with Gasteiger partial charge >= 0.3 is 0 Å². The summed E-state index contributed by atoms with van der Waals surface area (Å²) in [5.41, 5.74) is 1.14. The number of ketones is 1. The molecule has 0 aliphatic rings. The molecule has 1 aromatic heterocycles. The number of halogens is 2. The maximum absolute atomic E-state index is 12.2. The summed E-state index contributed by atoms with van der Waals surface area (Å²) in [4.78, 5) is 12.2. The number of rotatable bonds is 4. The van der Waals surface area contributed by atoms with Crippen molar-refractivity contribution in [3.05, 3.63) is 51.2 Å². The molecular formula is C13H12BrClN2O. The third-order valence-corrected chi connectivity index (χ3v) is 3.15. The van der Waals surface area contributed by atoms with Gasteiger partial charge in [-0.25, -0.2) is 0 Å². The molecule has 0 saturated carbocycles. The van der Waals surface area contributed by atoms with Crippen molar-refractivity contribution < 1.29 is 4.79 Å². The first kappa shape index (κ1) is 13.3. The summed E-state index contributed by atoms with van der Waals surface area (Å²) in [6, 6.07) is 5.16. The minimum atomic E-state index is -0.0689. The highest BCUT2D eigenvalue weighted by Gasteiger charge is 2.12. The lowest BCUT2D eigenvalue weighted by atomic mass is 10.1. The van der Waals surface area contributed by atoms with Gasteiger partial charge in [0.25, 0.3) is 0 Å². The number of hydrogen-bond acceptors (Lipinski definition) is 2. The topological polar surface area (TPSA) is 34.9 Å². The zero-order valence-corrected chi connectivity index (χ0v) is 12.2. The fourth-order valence-electron chi connectivity index (χ4n) is 1.68. The summed E-state index contributed by atoms with van der Waals surface area (Å²) in [5.74, 6) is -0.0689. The van der Waals surface area contributed by atoms with Gasteiger partial charge in [-0.15, -0.1) is 0 Å². The van der Waals surface area contributed by atoms with E-state index < -0.39 is 0 Å². The summed E-state index contributed by atoms with van der Waals surface area (Å²) in [7, 11) is 0. The predicted octanol–water partition coefficient (Wildman–Crippen LogP) is 3.94. The maximum atomic E-state index is 12.2. The van der Waals surface area contributed by atoms with E-state index in [0.717, 1.165) is 17.4 Å². The van der Waals surface area contributed by atoms with Crippen LogP contribution >= 0.6 is 27.5 Å². The van der Waals surface area contributed by atoms with E-state index in [0.29, 0.717) is 16.1 Å². The Balaban J connectivity index is 2.29. The van der Waals surface area contributed by atoms with Crippen LogP contribution in [0.5, 0.6) is 0 Å². The molecule has 3 nitrogen and oxygen atoms in total. The fourth-order valence-corrected chi connectivity index (χ4v) is 2.54. The fraction of sp³-hybridized carbons (Fsp3) is 0.231. The lowest BCUT2D eigenvalue weighted by molar-refractivity contribution is 0.103. The van der Waals surface area contributed by atoms with Crippen molar-refractivity contribution in [2.75, 3.05) is 0 Å². The second-order valence-electron chi connectivity index (χ2n) is 3.98. The van der Waals surface area contributed by atoms with Crippen molar-refractivity contribution in [2.24, 2.45) is 0 Å². The third kappa shape index (κ3) is 3.00. The Morgan fingerprint density at radius 2 is 2.17 bits per heavy atom. The number of carbonyl (C=O) groups is 1. The molecule has 5 heteroatoms. The average molecular weight is 328 g/mol. The average Bonchev–Trinajstić information content (AvgIpc) is 2.76. The number of aryl methyl sites for hydroxylation is 1. The van der Waals surface area contributed by atoms with E-state index in [2.05, 4.69) is 28.0 Å². The molecule has 0 amide bonds. The van der Waals surface area contributed by atoms with Gasteiger partial charge in [-0.3, -0.25) is 9.48 Å². The second kappa shape index (κ2) is 5.67. The molecule has 0 N–H and O–H groups in total. The molecule has 2 rings (SSSR count). The van der Waals surface area contributed by atoms with Gasteiger partial charge in [0.15, 0.2) is 5.78 Å². The summed E-state index contributed by atoms with van der Waals surface area (Å²) < 4.78 is 2.56. The van der Waals surface area contributed by atoms with Crippen LogP contribution in [-0.4, -0.2) is 15.6 Å². The largest absolute Gasteiger partial charge is 0.288 e. The number of aromatic nitrogens is 2. The van der Waals surface area contributed by atoms with E-state index in [4.69, 9.17) is 11.6 Å². The number of benzene rings is 1. The van der Waals surface area contributed by atoms with E-state index in [1.807, 2.05) is 0 Å². The molecule has 18 heavy (non-hydrogen) atoms. The molecule has 0 saturated heterocycles. The van der Waals surface area contributed by atoms with Crippen molar-refractivity contribution in [3.8, 4) is 0 Å². The zero-order valence-electron chi connectivity index (χ0n) is 9.86. The Labute approximate surface area is 119 Å². The summed E-state index contributed by atoms with van der Waals surface area (Å²) in [5, 5.41) is 4.68. The molecule has 0 aliphatic carbocycles. The molecule has 0 atom stereocenters. The highest BCUT2D eigenvalue weighted by molar-refractivity contribution is 9.10. The molecule has 0 unspecified atom stereocenters. The van der Waals surface area contributed by atoms with E-state index in [-0.39, 0.29) is 5.78 Å². The minimum absolute atomic E-state index is 0.0689. The smallest absolute Gasteiger partial charge is 0.196 e. The van der Waals surface area contributed by atoms with Crippen LogP contribution in [0.3, 0.4) is 0 Å². The molecule has 1 aromatic carbocycles. The van der Waals surface area contributed by atoms with Gasteiger partial charge in [-0.05, 0) is 24.6 Å². The standard InChI is InChI=1S/C13H12BrClN2O/c1-2-3-17-8-10(7-16-17)13(18)9-4-11(14)6-12(15)5-9/h4-8H,2-3H2,1H3. The molecule has 94 valence electrons. The number of nitrogens with zero attached hydrogens (tertiary/aromatic N) is 2. The quantitative estimate of drug-likeness (QED) is 0.797. The second-order valence-corrected chi connectivity index (χ2v) is 5.33. The molecule has 0 radical (unpaired) electrons. The molecule has 1 heterocycles. The normalized spacial score (nSPS) is 10.6. The predicted molar refractivity (Wildman–Crippen MR) is 75.1 cm³/mol. The van der Waals surface area contributed by atoms with Crippen LogP contribution in [0.15, 0.2) is 35.1 Å². The van der Waals surface area contributed by atoms with Crippen LogP contribution in [-0.2, 0) is 6.54 Å². The van der Waals surface area contributed by atoms with Crippen molar-refractivity contribution >= 4 is 33.3 Å². The van der Waals surface area contributed by atoms with Gasteiger partial charge < -0.3 is 0 Å². The van der Waals surface area contributed by atoms with Crippen molar-refractivity contribution in [1.29, 1.82) is 0 Å². The van der Waals surface area contributed by atoms with Gasteiger partial charge in [-0.2, -0.15) is 5.10 Å². The van der Waals surface area contributed by atoms with E-state index in [1.165, 1.54) is 0 Å². The molecule has 0 spiro atoms. The van der Waals surface area contributed by atoms with Crippen LogP contribution in [0.4, 0.5) is 0 Å². The summed E-state index contributed by atoms with van der Waals surface area (Å²) >= 11 is 9.26. The minimum Gasteiger partial charge on any atom is -0.288 e. The Bertz CT molecular complexity index is 560. The van der Waals surface area contributed by atoms with Crippen molar-refractivity contribution in [2.45, 2.75) is 19.9 Å². The Morgan fingerprint density at radius 1 is 1.39 bits per heavy atom. The molecule has 0 fully saturated rings. The summed E-state index contributed by atoms with van der Waals surface area (Å²) in [6.45, 7) is 2.88. The van der Waals surface area contributed by atoms with Crippen LogP contribution < -0.4 is 0 Å². The molecule has 2 aromatic rings. The van der Waals surface area contributed by atoms with E-state index in [1.54, 1.807) is 35.3 Å². The third-order valence-electron chi connectivity index (χ3n) is 2.47. The van der Waals surface area contributed by atoms with Gasteiger partial charge in [0.2, 0.25) is 0 Å². The van der Waals surface area contributed by atoms with E-state index in [9.17, 15) is 4.79 Å². The van der Waals surface area contributed by atoms with Gasteiger partial charge in [0, 0.05) is 27.8 Å². The first-order chi connectivity index (χ1) is 8.60. The monoisotopic (exact) mass is 326 g/mol. The highest BCUT2D eigenvalue weighted by Crippen LogP contribution is 2.21. The maximum Gasteiger partial charge on any atom is 0.196 e. The van der Waals surface area contributed by atoms with Gasteiger partial charge in [-0.1, -0.05) is 34.5 Å². The van der Waals surface area contributed by atoms with Crippen LogP contribution in [0.1, 0.15) is 29.3 Å². The van der Waals surface area contributed by atoms with E-state index >= 15 is 0 Å². The first-order valence-corrected chi connectivity index (χ1v) is 6.80. The lowest BCUT2D eigenvalue weighted by Crippen LogP contribution is -2.01.